The molecule has 12 rings (SSSR count). The molecule has 8 heterocycles. The number of fused-ring (bicyclic) bond motifs is 12. The molecule has 0 atom stereocenters. The first-order valence-corrected chi connectivity index (χ1v) is 22.1. The molecule has 0 spiro atoms. The molecule has 0 aliphatic rings. The van der Waals surface area contributed by atoms with Crippen molar-refractivity contribution in [2.75, 3.05) is 26.4 Å². The van der Waals surface area contributed by atoms with Crippen molar-refractivity contribution in [3.63, 3.8) is 0 Å². The van der Waals surface area contributed by atoms with E-state index in [1.165, 1.54) is 0 Å². The molecule has 15 heteroatoms. The van der Waals surface area contributed by atoms with E-state index in [2.05, 4.69) is 39.9 Å². The van der Waals surface area contributed by atoms with Gasteiger partial charge in [0.15, 0.2) is 0 Å². The van der Waals surface area contributed by atoms with E-state index in [1.807, 2.05) is 121 Å². The Labute approximate surface area is 405 Å². The molecule has 69 heavy (non-hydrogen) atoms. The zero-order valence-corrected chi connectivity index (χ0v) is 37.8. The van der Waals surface area contributed by atoms with Gasteiger partial charge in [0.05, 0.1) is 81.0 Å². The van der Waals surface area contributed by atoms with E-state index >= 15 is 0 Å². The number of aromatic nitrogens is 8. The van der Waals surface area contributed by atoms with Gasteiger partial charge in [-0.2, -0.15) is 0 Å². The average Bonchev–Trinajstić information content (AvgIpc) is 3.40. The maximum atomic E-state index is 6.23. The summed E-state index contributed by atoms with van der Waals surface area (Å²) in [7, 11) is 0. The molecule has 12 aromatic rings. The van der Waals surface area contributed by atoms with Gasteiger partial charge >= 0.3 is 17.1 Å². The minimum Gasteiger partial charge on any atom is -0.490 e. The molecule has 0 saturated carbocycles. The Bertz CT molecular complexity index is 3320. The molecule has 4 aromatic carbocycles. The summed E-state index contributed by atoms with van der Waals surface area (Å²) in [6, 6.07) is 39.2. The topological polar surface area (TPSA) is 192 Å². The molecule has 0 bridgehead atoms. The van der Waals surface area contributed by atoms with Crippen LogP contribution in [-0.2, 0) is 17.1 Å². The fourth-order valence-electron chi connectivity index (χ4n) is 8.09. The summed E-state index contributed by atoms with van der Waals surface area (Å²) in [6.07, 6.45) is 13.9. The molecule has 4 N–H and O–H groups in total. The number of ether oxygens (including phenoxy) is 4. The molecule has 8 aromatic heterocycles. The van der Waals surface area contributed by atoms with Gasteiger partial charge in [0.2, 0.25) is 0 Å². The second-order valence-corrected chi connectivity index (χ2v) is 16.3. The summed E-state index contributed by atoms with van der Waals surface area (Å²) < 4.78 is 23.5. The zero-order valence-electron chi connectivity index (χ0n) is 36.8. The Morgan fingerprint density at radius 1 is 0.304 bits per heavy atom. The summed E-state index contributed by atoms with van der Waals surface area (Å²) in [4.78, 5) is 36.0. The minimum absolute atomic E-state index is 0. The van der Waals surface area contributed by atoms with E-state index in [1.54, 1.807) is 49.6 Å². The van der Waals surface area contributed by atoms with Gasteiger partial charge in [-0.3, -0.25) is 39.9 Å². The maximum absolute atomic E-state index is 6.23. The van der Waals surface area contributed by atoms with Crippen molar-refractivity contribution >= 4 is 87.2 Å². The molecule has 0 saturated heterocycles. The van der Waals surface area contributed by atoms with Crippen LogP contribution in [0.2, 0.25) is 0 Å². The van der Waals surface area contributed by atoms with Gasteiger partial charge in [-0.05, 0) is 48.5 Å². The maximum Gasteiger partial charge on any atom is 1.00 e. The Kier molecular flexibility index (Phi) is 12.9. The first-order chi connectivity index (χ1) is 33.5. The summed E-state index contributed by atoms with van der Waals surface area (Å²) in [5, 5.41) is 8.11. The smallest absolute Gasteiger partial charge is 0.490 e. The monoisotopic (exact) mass is 957 g/mol. The average molecular weight is 959 g/mol. The first kappa shape index (κ1) is 44.6. The van der Waals surface area contributed by atoms with Gasteiger partial charge in [-0.25, -0.2) is 0 Å². The Balaban J connectivity index is 0.000000158. The van der Waals surface area contributed by atoms with Crippen molar-refractivity contribution in [3.8, 4) is 23.0 Å². The Hall–Kier alpha value is -8.20. The molecule has 0 radical (unpaired) electrons. The van der Waals surface area contributed by atoms with Crippen molar-refractivity contribution < 1.29 is 36.0 Å². The zero-order chi connectivity index (χ0) is 45.8. The number of hydrogen-bond acceptors (Lipinski definition) is 14. The fraction of sp³-hybridized carbons (Fsp3) is 0.111. The van der Waals surface area contributed by atoms with Crippen LogP contribution < -0.4 is 30.4 Å². The van der Waals surface area contributed by atoms with Gasteiger partial charge in [-0.15, -0.1) is 0 Å². The quantitative estimate of drug-likeness (QED) is 0.0869. The SMILES string of the molecule is NC(COc1cnc2c(ccc3cccnc32)c1)COc1cnc2c(ccc3cccnc32)c1.NC(COc1cnc2c(ccc3cccnc32)c1)COc1cnc2c(ccc3cccnc32)c1.[Cu+]. The van der Waals surface area contributed by atoms with Crippen molar-refractivity contribution in [3.05, 3.63) is 171 Å². The largest absolute Gasteiger partial charge is 1.00 e. The van der Waals surface area contributed by atoms with Crippen LogP contribution in [0.1, 0.15) is 0 Å². The van der Waals surface area contributed by atoms with Crippen LogP contribution in [0.15, 0.2) is 171 Å². The molecular weight excluding hydrogens is 916 g/mol. The predicted octanol–water partition coefficient (Wildman–Crippen LogP) is 9.33. The number of pyridine rings is 8. The number of benzene rings is 4. The Morgan fingerprint density at radius 2 is 0.522 bits per heavy atom. The van der Waals surface area contributed by atoms with Crippen LogP contribution in [0.3, 0.4) is 0 Å². The van der Waals surface area contributed by atoms with Gasteiger partial charge in [0.1, 0.15) is 49.4 Å². The first-order valence-electron chi connectivity index (χ1n) is 22.1. The normalized spacial score (nSPS) is 11.4. The molecule has 0 aliphatic heterocycles. The standard InChI is InChI=1S/2C27H21N5O2.Cu/c2*28-21(15-33-22-11-19-7-5-17-3-1-9-29-24(17)26(19)31-13-22)16-34-23-12-20-8-6-18-4-2-10-30-25(18)27(20)32-14-23;/h2*1-14,21H,15-16,28H2;/q;;+1. The third-order valence-electron chi connectivity index (χ3n) is 11.4. The number of nitrogens with two attached hydrogens (primary N) is 2. The second kappa shape index (κ2) is 20.0. The van der Waals surface area contributed by atoms with Crippen molar-refractivity contribution in [1.29, 1.82) is 0 Å². The summed E-state index contributed by atoms with van der Waals surface area (Å²) in [5.41, 5.74) is 19.4. The molecule has 0 amide bonds. The van der Waals surface area contributed by atoms with E-state index in [9.17, 15) is 0 Å². The molecule has 0 unspecified atom stereocenters. The van der Waals surface area contributed by atoms with Crippen LogP contribution in [-0.4, -0.2) is 78.4 Å². The minimum atomic E-state index is -0.317. The second-order valence-electron chi connectivity index (χ2n) is 16.3. The van der Waals surface area contributed by atoms with E-state index in [0.717, 1.165) is 87.2 Å². The number of hydrogen-bond donors (Lipinski definition) is 2. The van der Waals surface area contributed by atoms with Crippen LogP contribution in [0.4, 0.5) is 0 Å². The van der Waals surface area contributed by atoms with E-state index in [4.69, 9.17) is 30.4 Å². The Morgan fingerprint density at radius 3 is 0.768 bits per heavy atom. The number of rotatable bonds is 12. The van der Waals surface area contributed by atoms with Crippen molar-refractivity contribution in [1.82, 2.24) is 39.9 Å². The van der Waals surface area contributed by atoms with Crippen LogP contribution >= 0.6 is 0 Å². The molecular formula is C54H42CuN10O4+. The molecule has 342 valence electrons. The van der Waals surface area contributed by atoms with Crippen LogP contribution in [0.5, 0.6) is 23.0 Å². The molecule has 0 aliphatic carbocycles. The van der Waals surface area contributed by atoms with Gasteiger partial charge in [0, 0.05) is 67.9 Å². The molecule has 0 fully saturated rings. The fourth-order valence-corrected chi connectivity index (χ4v) is 8.09. The summed E-state index contributed by atoms with van der Waals surface area (Å²) in [6.45, 7) is 1.20. The van der Waals surface area contributed by atoms with Crippen molar-refractivity contribution in [2.24, 2.45) is 11.5 Å². The van der Waals surface area contributed by atoms with Crippen LogP contribution in [0.25, 0.3) is 87.2 Å². The summed E-state index contributed by atoms with van der Waals surface area (Å²) >= 11 is 0. The van der Waals surface area contributed by atoms with Gasteiger partial charge < -0.3 is 30.4 Å². The van der Waals surface area contributed by atoms with Gasteiger partial charge in [-0.1, -0.05) is 72.8 Å². The number of nitrogens with zero attached hydrogens (tertiary/aromatic N) is 8. The van der Waals surface area contributed by atoms with Crippen molar-refractivity contribution in [2.45, 2.75) is 12.1 Å². The third-order valence-corrected chi connectivity index (χ3v) is 11.4. The van der Waals surface area contributed by atoms with E-state index in [-0.39, 0.29) is 29.2 Å². The summed E-state index contributed by atoms with van der Waals surface area (Å²) in [5.74, 6) is 2.63. The predicted molar refractivity (Wildman–Crippen MR) is 266 cm³/mol. The third kappa shape index (κ3) is 9.66. The molecule has 14 nitrogen and oxygen atoms in total. The van der Waals surface area contributed by atoms with Gasteiger partial charge in [0.25, 0.3) is 0 Å². The van der Waals surface area contributed by atoms with E-state index in [0.29, 0.717) is 49.4 Å². The van der Waals surface area contributed by atoms with E-state index < -0.39 is 0 Å². The van der Waals surface area contributed by atoms with Crippen LogP contribution in [0, 0.1) is 0 Å².